The zero-order valence-corrected chi connectivity index (χ0v) is 19.3. The molecule has 0 aliphatic carbocycles. The highest BCUT2D eigenvalue weighted by Crippen LogP contribution is 2.39. The number of carboxylic acid groups (broad SMARTS) is 1. The number of nitrogens with zero attached hydrogens (tertiary/aromatic N) is 1. The number of aromatic carboxylic acids is 1. The van der Waals surface area contributed by atoms with Gasteiger partial charge in [-0.15, -0.1) is 0 Å². The predicted octanol–water partition coefficient (Wildman–Crippen LogP) is 6.30. The summed E-state index contributed by atoms with van der Waals surface area (Å²) in [7, 11) is 0. The lowest BCUT2D eigenvalue weighted by Gasteiger charge is -2.28. The van der Waals surface area contributed by atoms with Gasteiger partial charge >= 0.3 is 5.97 Å². The van der Waals surface area contributed by atoms with Crippen molar-refractivity contribution in [1.29, 1.82) is 0 Å². The van der Waals surface area contributed by atoms with Gasteiger partial charge in [0.05, 0.1) is 35.3 Å². The molecule has 0 amide bonds. The Bertz CT molecular complexity index is 1410. The molecular weight excluding hydrogens is 430 g/mol. The summed E-state index contributed by atoms with van der Waals surface area (Å²) in [4.78, 5) is 17.3. The highest BCUT2D eigenvalue weighted by Gasteiger charge is 2.35. The summed E-state index contributed by atoms with van der Waals surface area (Å²) in [6.07, 6.45) is 4.94. The van der Waals surface area contributed by atoms with Gasteiger partial charge in [-0.1, -0.05) is 24.3 Å². The van der Waals surface area contributed by atoms with Crippen LogP contribution in [-0.4, -0.2) is 34.9 Å². The predicted molar refractivity (Wildman–Crippen MR) is 129 cm³/mol. The van der Waals surface area contributed by atoms with Crippen molar-refractivity contribution in [3.05, 3.63) is 59.2 Å². The number of hydrogen-bond acceptors (Lipinski definition) is 5. The molecule has 0 saturated carbocycles. The van der Waals surface area contributed by atoms with Crippen LogP contribution in [0, 0.1) is 19.8 Å². The largest absolute Gasteiger partial charge is 0.493 e. The number of para-hydroxylation sites is 1. The molecule has 2 fully saturated rings. The van der Waals surface area contributed by atoms with Gasteiger partial charge in [-0.25, -0.2) is 9.78 Å². The van der Waals surface area contributed by atoms with Gasteiger partial charge in [-0.2, -0.15) is 0 Å². The minimum absolute atomic E-state index is 0.172. The Hall–Kier alpha value is -3.38. The van der Waals surface area contributed by atoms with E-state index in [1.807, 2.05) is 50.2 Å². The minimum Gasteiger partial charge on any atom is -0.493 e. The Morgan fingerprint density at radius 3 is 2.62 bits per heavy atom. The SMILES string of the molecule is Cc1c(-c2cc(C(=O)O)c3c(OC[C@H]4C[C@H]5CC[C@@H](C4)O5)ccc(C)c3n2)oc2ccccc12. The maximum atomic E-state index is 12.4. The summed E-state index contributed by atoms with van der Waals surface area (Å²) in [5.41, 5.74) is 3.90. The second-order valence-corrected chi connectivity index (χ2v) is 9.62. The summed E-state index contributed by atoms with van der Waals surface area (Å²) in [5.74, 6) is 0.564. The average molecular weight is 458 g/mol. The van der Waals surface area contributed by atoms with Gasteiger partial charge in [-0.05, 0) is 69.2 Å². The molecule has 4 heterocycles. The molecule has 2 saturated heterocycles. The van der Waals surface area contributed by atoms with Crippen molar-refractivity contribution in [3.63, 3.8) is 0 Å². The van der Waals surface area contributed by atoms with E-state index >= 15 is 0 Å². The summed E-state index contributed by atoms with van der Waals surface area (Å²) in [6.45, 7) is 4.47. The zero-order chi connectivity index (χ0) is 23.4. The number of carboxylic acids is 1. The molecule has 34 heavy (non-hydrogen) atoms. The number of hydrogen-bond donors (Lipinski definition) is 1. The monoisotopic (exact) mass is 457 g/mol. The topological polar surface area (TPSA) is 81.8 Å². The number of aryl methyl sites for hydroxylation is 2. The van der Waals surface area contributed by atoms with Crippen molar-refractivity contribution >= 4 is 27.8 Å². The Balaban J connectivity index is 1.42. The molecule has 1 N–H and O–H groups in total. The van der Waals surface area contributed by atoms with Crippen molar-refractivity contribution in [3.8, 4) is 17.2 Å². The standard InChI is InChI=1S/C28H27NO5/c1-15-7-10-24(32-14-17-11-18-8-9-19(12-17)33-18)25-21(28(30)31)13-22(29-26(15)25)27-16(2)20-5-3-4-6-23(20)34-27/h3-7,10,13,17-19H,8-9,11-12,14H2,1-2H3,(H,30,31)/t17-,18+,19-. The molecule has 6 rings (SSSR count). The molecule has 2 aromatic heterocycles. The normalized spacial score (nSPS) is 21.9. The zero-order valence-electron chi connectivity index (χ0n) is 19.3. The second kappa shape index (κ2) is 8.13. The molecule has 174 valence electrons. The lowest BCUT2D eigenvalue weighted by molar-refractivity contribution is -0.0282. The van der Waals surface area contributed by atoms with Crippen LogP contribution in [0.3, 0.4) is 0 Å². The van der Waals surface area contributed by atoms with Gasteiger partial charge in [-0.3, -0.25) is 0 Å². The fourth-order valence-corrected chi connectivity index (χ4v) is 5.58. The first-order valence-corrected chi connectivity index (χ1v) is 11.9. The van der Waals surface area contributed by atoms with E-state index in [2.05, 4.69) is 0 Å². The van der Waals surface area contributed by atoms with Crippen molar-refractivity contribution in [2.75, 3.05) is 6.61 Å². The van der Waals surface area contributed by atoms with Crippen molar-refractivity contribution in [1.82, 2.24) is 4.98 Å². The summed E-state index contributed by atoms with van der Waals surface area (Å²) < 4.78 is 18.3. The fraction of sp³-hybridized carbons (Fsp3) is 0.357. The summed E-state index contributed by atoms with van der Waals surface area (Å²) in [6, 6.07) is 13.2. The average Bonchev–Trinajstić information content (AvgIpc) is 3.36. The Labute approximate surface area is 197 Å². The smallest absolute Gasteiger partial charge is 0.336 e. The van der Waals surface area contributed by atoms with E-state index in [1.54, 1.807) is 6.07 Å². The first kappa shape index (κ1) is 21.2. The molecule has 6 nitrogen and oxygen atoms in total. The van der Waals surface area contributed by atoms with Gasteiger partial charge in [0.2, 0.25) is 0 Å². The molecule has 2 aliphatic rings. The van der Waals surface area contributed by atoms with E-state index < -0.39 is 5.97 Å². The molecule has 2 aromatic carbocycles. The molecule has 3 atom stereocenters. The van der Waals surface area contributed by atoms with Crippen molar-refractivity contribution in [2.45, 2.75) is 51.7 Å². The number of carbonyl (C=O) groups is 1. The summed E-state index contributed by atoms with van der Waals surface area (Å²) in [5, 5.41) is 11.7. The molecule has 6 heteroatoms. The van der Waals surface area contributed by atoms with Crippen LogP contribution in [0.2, 0.25) is 0 Å². The maximum Gasteiger partial charge on any atom is 0.336 e. The third kappa shape index (κ3) is 3.53. The Kier molecular flexibility index (Phi) is 5.06. The Morgan fingerprint density at radius 1 is 1.12 bits per heavy atom. The molecule has 0 spiro atoms. The first-order chi connectivity index (χ1) is 16.5. The highest BCUT2D eigenvalue weighted by atomic mass is 16.5. The van der Waals surface area contributed by atoms with Crippen LogP contribution >= 0.6 is 0 Å². The van der Waals surface area contributed by atoms with Gasteiger partial charge in [0.15, 0.2) is 5.76 Å². The number of pyridine rings is 1. The first-order valence-electron chi connectivity index (χ1n) is 11.9. The van der Waals surface area contributed by atoms with Gasteiger partial charge in [0, 0.05) is 10.9 Å². The van der Waals surface area contributed by atoms with Crippen molar-refractivity contribution in [2.24, 2.45) is 5.92 Å². The molecule has 2 bridgehead atoms. The quantitative estimate of drug-likeness (QED) is 0.379. The van der Waals surface area contributed by atoms with E-state index in [4.69, 9.17) is 18.9 Å². The lowest BCUT2D eigenvalue weighted by atomic mass is 9.96. The van der Waals surface area contributed by atoms with E-state index in [0.29, 0.717) is 52.8 Å². The number of furan rings is 1. The van der Waals surface area contributed by atoms with Gasteiger partial charge in [0.25, 0.3) is 0 Å². The molecule has 0 unspecified atom stereocenters. The fourth-order valence-electron chi connectivity index (χ4n) is 5.58. The highest BCUT2D eigenvalue weighted by molar-refractivity contribution is 6.07. The van der Waals surface area contributed by atoms with E-state index in [0.717, 1.165) is 47.8 Å². The third-order valence-corrected chi connectivity index (χ3v) is 7.29. The number of fused-ring (bicyclic) bond motifs is 4. The minimum atomic E-state index is -1.01. The Morgan fingerprint density at radius 2 is 1.88 bits per heavy atom. The van der Waals surface area contributed by atoms with Crippen LogP contribution in [-0.2, 0) is 4.74 Å². The second-order valence-electron chi connectivity index (χ2n) is 9.62. The van der Waals surface area contributed by atoms with Crippen LogP contribution in [0.15, 0.2) is 46.9 Å². The van der Waals surface area contributed by atoms with Crippen LogP contribution in [0.25, 0.3) is 33.3 Å². The van der Waals surface area contributed by atoms with Crippen LogP contribution in [0.5, 0.6) is 5.75 Å². The number of ether oxygens (including phenoxy) is 2. The maximum absolute atomic E-state index is 12.4. The number of benzene rings is 2. The lowest BCUT2D eigenvalue weighted by Crippen LogP contribution is -2.28. The third-order valence-electron chi connectivity index (χ3n) is 7.29. The van der Waals surface area contributed by atoms with Crippen molar-refractivity contribution < 1.29 is 23.8 Å². The van der Waals surface area contributed by atoms with E-state index in [1.165, 1.54) is 0 Å². The molecule has 4 aromatic rings. The number of rotatable bonds is 5. The van der Waals surface area contributed by atoms with Gasteiger partial charge in [0.1, 0.15) is 17.0 Å². The van der Waals surface area contributed by atoms with Gasteiger partial charge < -0.3 is 19.0 Å². The van der Waals surface area contributed by atoms with Crippen LogP contribution in [0.1, 0.15) is 47.2 Å². The molecular formula is C28H27NO5. The van der Waals surface area contributed by atoms with E-state index in [-0.39, 0.29) is 5.56 Å². The molecule has 2 aliphatic heterocycles. The number of aromatic nitrogens is 1. The van der Waals surface area contributed by atoms with E-state index in [9.17, 15) is 9.90 Å². The summed E-state index contributed by atoms with van der Waals surface area (Å²) >= 11 is 0. The van der Waals surface area contributed by atoms with Crippen LogP contribution < -0.4 is 4.74 Å². The van der Waals surface area contributed by atoms with Crippen LogP contribution in [0.4, 0.5) is 0 Å². The molecule has 0 radical (unpaired) electrons.